The second-order valence-electron chi connectivity index (χ2n) is 3.76. The highest BCUT2D eigenvalue weighted by Crippen LogP contribution is 2.15. The van der Waals surface area contributed by atoms with Crippen molar-refractivity contribution < 1.29 is 9.69 Å². The van der Waals surface area contributed by atoms with E-state index in [9.17, 15) is 0 Å². The van der Waals surface area contributed by atoms with Gasteiger partial charge in [0.1, 0.15) is 0 Å². The highest BCUT2D eigenvalue weighted by atomic mass is 17.2. The lowest BCUT2D eigenvalue weighted by atomic mass is 9.58. The molecule has 2 aromatic carbocycles. The van der Waals surface area contributed by atoms with Gasteiger partial charge in [-0.05, 0) is 22.6 Å². The SMILES string of the molecule is c1ccc2c(B3CCOO3)cccc2c1. The van der Waals surface area contributed by atoms with Gasteiger partial charge in [0.2, 0.25) is 0 Å². The number of hydrogen-bond acceptors (Lipinski definition) is 2. The van der Waals surface area contributed by atoms with E-state index in [0.717, 1.165) is 6.32 Å². The minimum absolute atomic E-state index is 0.0936. The van der Waals surface area contributed by atoms with Gasteiger partial charge in [-0.1, -0.05) is 42.5 Å². The largest absolute Gasteiger partial charge is 0.375 e. The van der Waals surface area contributed by atoms with Crippen LogP contribution in [0, 0.1) is 0 Å². The van der Waals surface area contributed by atoms with Crippen molar-refractivity contribution in [3.05, 3.63) is 42.5 Å². The maximum Gasteiger partial charge on any atom is 0.375 e. The Balaban J connectivity index is 2.16. The molecule has 0 atom stereocenters. The predicted octanol–water partition coefficient (Wildman–Crippen LogP) is 2.00. The summed E-state index contributed by atoms with van der Waals surface area (Å²) in [5, 5.41) is 2.51. The standard InChI is InChI=1S/C12H11BO2/c1-2-6-11-10(4-1)5-3-7-12(11)13-8-9-14-15-13/h1-7H,8-9H2. The summed E-state index contributed by atoms with van der Waals surface area (Å²) in [7, 11) is 0. The Kier molecular flexibility index (Phi) is 2.20. The lowest BCUT2D eigenvalue weighted by Gasteiger charge is -2.07. The fourth-order valence-electron chi connectivity index (χ4n) is 2.07. The van der Waals surface area contributed by atoms with Crippen LogP contribution in [0.2, 0.25) is 6.32 Å². The molecule has 2 nitrogen and oxygen atoms in total. The van der Waals surface area contributed by atoms with Crippen LogP contribution in [0.1, 0.15) is 0 Å². The van der Waals surface area contributed by atoms with Gasteiger partial charge in [-0.25, -0.2) is 0 Å². The molecule has 0 radical (unpaired) electrons. The molecule has 1 aliphatic rings. The summed E-state index contributed by atoms with van der Waals surface area (Å²) >= 11 is 0. The smallest absolute Gasteiger partial charge is 0.298 e. The summed E-state index contributed by atoms with van der Waals surface area (Å²) in [5.41, 5.74) is 1.23. The van der Waals surface area contributed by atoms with E-state index in [2.05, 4.69) is 42.5 Å². The van der Waals surface area contributed by atoms with Crippen molar-refractivity contribution in [2.45, 2.75) is 6.32 Å². The molecule has 0 N–H and O–H groups in total. The van der Waals surface area contributed by atoms with E-state index in [1.165, 1.54) is 16.2 Å². The highest BCUT2D eigenvalue weighted by Gasteiger charge is 2.26. The molecule has 74 valence electrons. The summed E-state index contributed by atoms with van der Waals surface area (Å²) in [4.78, 5) is 10.2. The van der Waals surface area contributed by atoms with Gasteiger partial charge in [0.15, 0.2) is 0 Å². The van der Waals surface area contributed by atoms with Crippen molar-refractivity contribution >= 4 is 23.2 Å². The molecule has 0 spiro atoms. The van der Waals surface area contributed by atoms with Crippen LogP contribution in [0.15, 0.2) is 42.5 Å². The van der Waals surface area contributed by atoms with E-state index in [1.54, 1.807) is 0 Å². The molecule has 0 aromatic heterocycles. The van der Waals surface area contributed by atoms with Crippen LogP contribution in [0.3, 0.4) is 0 Å². The van der Waals surface area contributed by atoms with Crippen LogP contribution in [-0.4, -0.2) is 13.5 Å². The van der Waals surface area contributed by atoms with Gasteiger partial charge in [0.25, 0.3) is 0 Å². The molecule has 1 saturated heterocycles. The molecular formula is C12H11BO2. The fourth-order valence-corrected chi connectivity index (χ4v) is 2.07. The average Bonchev–Trinajstić information content (AvgIpc) is 2.82. The molecule has 0 bridgehead atoms. The number of benzene rings is 2. The molecule has 1 fully saturated rings. The Hall–Kier alpha value is -1.32. The molecule has 0 aliphatic carbocycles. The number of rotatable bonds is 1. The summed E-state index contributed by atoms with van der Waals surface area (Å²) < 4.78 is 0. The van der Waals surface area contributed by atoms with Crippen molar-refractivity contribution in [1.82, 2.24) is 0 Å². The Bertz CT molecular complexity index is 473. The zero-order valence-corrected chi connectivity index (χ0v) is 8.35. The van der Waals surface area contributed by atoms with Crippen molar-refractivity contribution in [1.29, 1.82) is 0 Å². The predicted molar refractivity (Wildman–Crippen MR) is 61.2 cm³/mol. The average molecular weight is 198 g/mol. The molecule has 0 amide bonds. The van der Waals surface area contributed by atoms with Crippen molar-refractivity contribution in [2.24, 2.45) is 0 Å². The third-order valence-corrected chi connectivity index (χ3v) is 2.82. The minimum atomic E-state index is 0.0936. The highest BCUT2D eigenvalue weighted by molar-refractivity contribution is 6.70. The Morgan fingerprint density at radius 2 is 1.87 bits per heavy atom. The van der Waals surface area contributed by atoms with Gasteiger partial charge in [0, 0.05) is 0 Å². The molecule has 0 saturated carbocycles. The summed E-state index contributed by atoms with van der Waals surface area (Å²) in [5.74, 6) is 0. The lowest BCUT2D eigenvalue weighted by molar-refractivity contribution is -0.184. The van der Waals surface area contributed by atoms with Gasteiger partial charge in [-0.2, -0.15) is 0 Å². The van der Waals surface area contributed by atoms with Crippen LogP contribution in [0.4, 0.5) is 0 Å². The Morgan fingerprint density at radius 3 is 2.73 bits per heavy atom. The first-order valence-electron chi connectivity index (χ1n) is 5.21. The second kappa shape index (κ2) is 3.68. The number of fused-ring (bicyclic) bond motifs is 1. The summed E-state index contributed by atoms with van der Waals surface area (Å²) in [6.45, 7) is 0.782. The van der Waals surface area contributed by atoms with E-state index < -0.39 is 0 Å². The molecule has 1 heterocycles. The Labute approximate surface area is 88.9 Å². The topological polar surface area (TPSA) is 18.5 Å². The second-order valence-corrected chi connectivity index (χ2v) is 3.76. The van der Waals surface area contributed by atoms with Crippen LogP contribution in [0.25, 0.3) is 10.8 Å². The third kappa shape index (κ3) is 1.54. The Morgan fingerprint density at radius 1 is 1.00 bits per heavy atom. The lowest BCUT2D eigenvalue weighted by Crippen LogP contribution is -2.29. The molecule has 3 heteroatoms. The molecule has 3 rings (SSSR count). The van der Waals surface area contributed by atoms with Crippen molar-refractivity contribution in [3.63, 3.8) is 0 Å². The van der Waals surface area contributed by atoms with Crippen molar-refractivity contribution in [3.8, 4) is 0 Å². The first-order valence-corrected chi connectivity index (χ1v) is 5.21. The monoisotopic (exact) mass is 198 g/mol. The zero-order valence-electron chi connectivity index (χ0n) is 8.35. The maximum atomic E-state index is 5.25. The van der Waals surface area contributed by atoms with Gasteiger partial charge >= 0.3 is 6.92 Å². The normalized spacial score (nSPS) is 16.1. The molecule has 2 aromatic rings. The van der Waals surface area contributed by atoms with Crippen molar-refractivity contribution in [2.75, 3.05) is 6.61 Å². The van der Waals surface area contributed by atoms with E-state index in [4.69, 9.17) is 9.69 Å². The first-order chi connectivity index (χ1) is 7.45. The van der Waals surface area contributed by atoms with E-state index >= 15 is 0 Å². The summed E-state index contributed by atoms with van der Waals surface area (Å²) in [6, 6.07) is 14.7. The van der Waals surface area contributed by atoms with Crippen LogP contribution >= 0.6 is 0 Å². The molecule has 1 aliphatic heterocycles. The summed E-state index contributed by atoms with van der Waals surface area (Å²) in [6.07, 6.45) is 0.938. The van der Waals surface area contributed by atoms with Crippen LogP contribution < -0.4 is 5.46 Å². The number of hydrogen-bond donors (Lipinski definition) is 0. The zero-order chi connectivity index (χ0) is 10.1. The van der Waals surface area contributed by atoms with Gasteiger partial charge in [0.05, 0.1) is 6.61 Å². The van der Waals surface area contributed by atoms with Gasteiger partial charge in [-0.3, -0.25) is 9.69 Å². The minimum Gasteiger partial charge on any atom is -0.298 e. The first kappa shape index (κ1) is 8.95. The maximum absolute atomic E-state index is 5.25. The van der Waals surface area contributed by atoms with E-state index in [-0.39, 0.29) is 6.92 Å². The third-order valence-electron chi connectivity index (χ3n) is 2.82. The quantitative estimate of drug-likeness (QED) is 0.515. The fraction of sp³-hybridized carbons (Fsp3) is 0.167. The van der Waals surface area contributed by atoms with Crippen LogP contribution in [-0.2, 0) is 9.69 Å². The van der Waals surface area contributed by atoms with E-state index in [1.807, 2.05) is 0 Å². The molecule has 0 unspecified atom stereocenters. The molecule has 15 heavy (non-hydrogen) atoms. The van der Waals surface area contributed by atoms with Gasteiger partial charge < -0.3 is 0 Å². The van der Waals surface area contributed by atoms with E-state index in [0.29, 0.717) is 6.61 Å². The molecular weight excluding hydrogens is 187 g/mol. The van der Waals surface area contributed by atoms with Gasteiger partial charge in [-0.15, -0.1) is 0 Å². The van der Waals surface area contributed by atoms with Crippen LogP contribution in [0.5, 0.6) is 0 Å².